The molecule has 1 amide bonds. The summed E-state index contributed by atoms with van der Waals surface area (Å²) in [5.74, 6) is 0.548. The fraction of sp³-hybridized carbons (Fsp3) is 0.263. The van der Waals surface area contributed by atoms with E-state index in [1.165, 1.54) is 0 Å². The number of hydrogen-bond acceptors (Lipinski definition) is 3. The summed E-state index contributed by atoms with van der Waals surface area (Å²) >= 11 is 5.24. The minimum absolute atomic E-state index is 0.0529. The van der Waals surface area contributed by atoms with Crippen LogP contribution < -0.4 is 15.4 Å². The van der Waals surface area contributed by atoms with E-state index < -0.39 is 0 Å². The predicted octanol–water partition coefficient (Wildman–Crippen LogP) is 3.84. The van der Waals surface area contributed by atoms with Gasteiger partial charge in [0.05, 0.1) is 18.2 Å². The Labute approximate surface area is 148 Å². The van der Waals surface area contributed by atoms with Gasteiger partial charge in [-0.15, -0.1) is 0 Å². The van der Waals surface area contributed by atoms with Crippen molar-refractivity contribution in [2.24, 2.45) is 0 Å². The zero-order valence-corrected chi connectivity index (χ0v) is 14.9. The van der Waals surface area contributed by atoms with E-state index in [0.29, 0.717) is 12.2 Å². The van der Waals surface area contributed by atoms with Crippen LogP contribution in [-0.2, 0) is 11.2 Å². The SMILES string of the molecule is Cc1ccccc1CC(=O)NC(=S)Nc1ccccc1OC(C)C. The number of amides is 1. The zero-order valence-electron chi connectivity index (χ0n) is 14.1. The van der Waals surface area contributed by atoms with Gasteiger partial charge in [0.1, 0.15) is 5.75 Å². The van der Waals surface area contributed by atoms with Crippen LogP contribution in [-0.4, -0.2) is 17.1 Å². The van der Waals surface area contributed by atoms with Crippen LogP contribution in [0.1, 0.15) is 25.0 Å². The van der Waals surface area contributed by atoms with Crippen LogP contribution in [0.15, 0.2) is 48.5 Å². The molecule has 24 heavy (non-hydrogen) atoms. The molecule has 0 aromatic heterocycles. The number of ether oxygens (including phenoxy) is 1. The summed E-state index contributed by atoms with van der Waals surface area (Å²) in [4.78, 5) is 12.2. The molecule has 0 aliphatic rings. The molecule has 0 unspecified atom stereocenters. The van der Waals surface area contributed by atoms with Crippen molar-refractivity contribution in [1.29, 1.82) is 0 Å². The van der Waals surface area contributed by atoms with E-state index in [1.54, 1.807) is 0 Å². The molecule has 5 heteroatoms. The first kappa shape index (κ1) is 17.9. The summed E-state index contributed by atoms with van der Waals surface area (Å²) in [7, 11) is 0. The Balaban J connectivity index is 1.96. The van der Waals surface area contributed by atoms with Crippen LogP contribution >= 0.6 is 12.2 Å². The van der Waals surface area contributed by atoms with Gasteiger partial charge in [0.25, 0.3) is 0 Å². The minimum Gasteiger partial charge on any atom is -0.489 e. The number of hydrogen-bond donors (Lipinski definition) is 2. The molecule has 2 aromatic rings. The Kier molecular flexibility index (Phi) is 6.32. The number of nitrogens with one attached hydrogen (secondary N) is 2. The molecular formula is C19H22N2O2S. The topological polar surface area (TPSA) is 50.4 Å². The van der Waals surface area contributed by atoms with E-state index in [4.69, 9.17) is 17.0 Å². The van der Waals surface area contributed by atoms with Gasteiger partial charge in [0.15, 0.2) is 5.11 Å². The monoisotopic (exact) mass is 342 g/mol. The van der Waals surface area contributed by atoms with Crippen LogP contribution in [0.4, 0.5) is 5.69 Å². The molecule has 126 valence electrons. The van der Waals surface area contributed by atoms with Gasteiger partial charge in [-0.05, 0) is 56.2 Å². The van der Waals surface area contributed by atoms with Crippen LogP contribution in [0, 0.1) is 6.92 Å². The number of thiocarbonyl (C=S) groups is 1. The molecule has 0 saturated carbocycles. The Bertz CT molecular complexity index is 729. The average Bonchev–Trinajstić information content (AvgIpc) is 2.51. The van der Waals surface area contributed by atoms with E-state index >= 15 is 0 Å². The maximum absolute atomic E-state index is 12.2. The molecule has 4 nitrogen and oxygen atoms in total. The first-order valence-corrected chi connectivity index (χ1v) is 8.27. The maximum atomic E-state index is 12.2. The van der Waals surface area contributed by atoms with Gasteiger partial charge in [-0.25, -0.2) is 0 Å². The molecule has 0 saturated heterocycles. The normalized spacial score (nSPS) is 10.3. The molecule has 0 fully saturated rings. The van der Waals surface area contributed by atoms with Gasteiger partial charge in [-0.2, -0.15) is 0 Å². The van der Waals surface area contributed by atoms with Crippen LogP contribution in [0.5, 0.6) is 5.75 Å². The van der Waals surface area contributed by atoms with Gasteiger partial charge in [-0.3, -0.25) is 4.79 Å². The predicted molar refractivity (Wildman–Crippen MR) is 101 cm³/mol. The molecule has 2 aromatic carbocycles. The van der Waals surface area contributed by atoms with Crippen molar-refractivity contribution in [3.63, 3.8) is 0 Å². The number of benzene rings is 2. The molecule has 2 rings (SSSR count). The highest BCUT2D eigenvalue weighted by Gasteiger charge is 2.10. The lowest BCUT2D eigenvalue weighted by molar-refractivity contribution is -0.119. The van der Waals surface area contributed by atoms with E-state index in [2.05, 4.69) is 10.6 Å². The number of carbonyl (C=O) groups excluding carboxylic acids is 1. The highest BCUT2D eigenvalue weighted by Crippen LogP contribution is 2.24. The lowest BCUT2D eigenvalue weighted by Crippen LogP contribution is -2.35. The van der Waals surface area contributed by atoms with Gasteiger partial charge in [0.2, 0.25) is 5.91 Å². The van der Waals surface area contributed by atoms with Crippen molar-refractivity contribution in [3.8, 4) is 5.75 Å². The summed E-state index contributed by atoms with van der Waals surface area (Å²) in [5, 5.41) is 5.99. The Morgan fingerprint density at radius 3 is 2.50 bits per heavy atom. The lowest BCUT2D eigenvalue weighted by Gasteiger charge is -2.16. The van der Waals surface area contributed by atoms with Crippen LogP contribution in [0.25, 0.3) is 0 Å². The van der Waals surface area contributed by atoms with Crippen molar-refractivity contribution in [1.82, 2.24) is 5.32 Å². The van der Waals surface area contributed by atoms with Crippen molar-refractivity contribution in [2.45, 2.75) is 33.3 Å². The number of anilines is 1. The second kappa shape index (κ2) is 8.45. The van der Waals surface area contributed by atoms with E-state index in [0.717, 1.165) is 16.8 Å². The van der Waals surface area contributed by atoms with Crippen LogP contribution in [0.3, 0.4) is 0 Å². The summed E-state index contributed by atoms with van der Waals surface area (Å²) in [6.07, 6.45) is 0.343. The van der Waals surface area contributed by atoms with Crippen molar-refractivity contribution >= 4 is 28.9 Å². The third kappa shape index (κ3) is 5.35. The largest absolute Gasteiger partial charge is 0.489 e. The molecule has 0 aliphatic heterocycles. The van der Waals surface area contributed by atoms with Gasteiger partial charge in [-0.1, -0.05) is 36.4 Å². The minimum atomic E-state index is -0.149. The second-order valence-electron chi connectivity index (χ2n) is 5.77. The quantitative estimate of drug-likeness (QED) is 0.811. The summed E-state index contributed by atoms with van der Waals surface area (Å²) in [6.45, 7) is 5.90. The van der Waals surface area contributed by atoms with Gasteiger partial charge in [0, 0.05) is 0 Å². The molecule has 0 heterocycles. The smallest absolute Gasteiger partial charge is 0.230 e. The Morgan fingerprint density at radius 2 is 1.79 bits per heavy atom. The molecule has 0 radical (unpaired) electrons. The third-order valence-electron chi connectivity index (χ3n) is 3.36. The van der Waals surface area contributed by atoms with E-state index in [9.17, 15) is 4.79 Å². The molecule has 0 atom stereocenters. The Hall–Kier alpha value is -2.40. The first-order valence-electron chi connectivity index (χ1n) is 7.86. The fourth-order valence-corrected chi connectivity index (χ4v) is 2.46. The fourth-order valence-electron chi connectivity index (χ4n) is 2.23. The van der Waals surface area contributed by atoms with Gasteiger partial charge >= 0.3 is 0 Å². The van der Waals surface area contributed by atoms with Crippen molar-refractivity contribution < 1.29 is 9.53 Å². The van der Waals surface area contributed by atoms with Crippen LogP contribution in [0.2, 0.25) is 0 Å². The Morgan fingerprint density at radius 1 is 1.12 bits per heavy atom. The molecule has 0 bridgehead atoms. The highest BCUT2D eigenvalue weighted by atomic mass is 32.1. The standard InChI is InChI=1S/C19H22N2O2S/c1-13(2)23-17-11-7-6-10-16(17)20-19(24)21-18(22)12-15-9-5-4-8-14(15)3/h4-11,13H,12H2,1-3H3,(H2,20,21,22,24). The highest BCUT2D eigenvalue weighted by molar-refractivity contribution is 7.80. The summed E-state index contributed by atoms with van der Waals surface area (Å²) < 4.78 is 5.73. The number of para-hydroxylation sites is 2. The molecular weight excluding hydrogens is 320 g/mol. The average molecular weight is 342 g/mol. The van der Waals surface area contributed by atoms with Crippen molar-refractivity contribution in [2.75, 3.05) is 5.32 Å². The van der Waals surface area contributed by atoms with Gasteiger partial charge < -0.3 is 15.4 Å². The summed E-state index contributed by atoms with van der Waals surface area (Å²) in [6, 6.07) is 15.3. The molecule has 2 N–H and O–H groups in total. The number of rotatable bonds is 5. The molecule has 0 aliphatic carbocycles. The first-order chi connectivity index (χ1) is 11.5. The second-order valence-corrected chi connectivity index (χ2v) is 6.18. The zero-order chi connectivity index (χ0) is 17.5. The number of carbonyl (C=O) groups is 1. The molecule has 0 spiro atoms. The maximum Gasteiger partial charge on any atom is 0.230 e. The third-order valence-corrected chi connectivity index (χ3v) is 3.57. The van der Waals surface area contributed by atoms with Crippen molar-refractivity contribution in [3.05, 3.63) is 59.7 Å². The van der Waals surface area contributed by atoms with E-state index in [-0.39, 0.29) is 17.1 Å². The van der Waals surface area contributed by atoms with E-state index in [1.807, 2.05) is 69.3 Å². The summed E-state index contributed by atoms with van der Waals surface area (Å²) in [5.41, 5.74) is 2.80. The lowest BCUT2D eigenvalue weighted by atomic mass is 10.1. The number of aryl methyl sites for hydroxylation is 1.